The van der Waals surface area contributed by atoms with Crippen LogP contribution in [0.5, 0.6) is 0 Å². The number of sulfonamides is 1. The molecule has 2 aromatic rings. The van der Waals surface area contributed by atoms with Gasteiger partial charge in [-0.3, -0.25) is 4.79 Å². The Morgan fingerprint density at radius 3 is 2.16 bits per heavy atom. The van der Waals surface area contributed by atoms with E-state index in [-0.39, 0.29) is 28.9 Å². The summed E-state index contributed by atoms with van der Waals surface area (Å²) in [6, 6.07) is 13.5. The molecule has 0 aliphatic carbocycles. The zero-order valence-electron chi connectivity index (χ0n) is 13.2. The maximum Gasteiger partial charge on any atom is 0.253 e. The Hall–Kier alpha value is -1.41. The predicted octanol–water partition coefficient (Wildman–Crippen LogP) is 3.25. The van der Waals surface area contributed by atoms with E-state index in [9.17, 15) is 13.2 Å². The molecule has 0 bridgehead atoms. The van der Waals surface area contributed by atoms with Gasteiger partial charge in [-0.2, -0.15) is 4.31 Å². The molecule has 0 aromatic heterocycles. The summed E-state index contributed by atoms with van der Waals surface area (Å²) >= 11 is 9.36. The summed E-state index contributed by atoms with van der Waals surface area (Å²) in [5, 5.41) is 0.205. The van der Waals surface area contributed by atoms with E-state index < -0.39 is 10.0 Å². The maximum atomic E-state index is 12.7. The molecule has 1 aliphatic rings. The summed E-state index contributed by atoms with van der Waals surface area (Å²) in [5.41, 5.74) is 0.589. The van der Waals surface area contributed by atoms with Gasteiger partial charge in [0.05, 0.1) is 5.02 Å². The van der Waals surface area contributed by atoms with Crippen LogP contribution in [0.1, 0.15) is 10.4 Å². The second-order valence-electron chi connectivity index (χ2n) is 5.63. The Bertz CT molecular complexity index is 879. The Labute approximate surface area is 160 Å². The van der Waals surface area contributed by atoms with Crippen LogP contribution in [0.4, 0.5) is 0 Å². The van der Waals surface area contributed by atoms with Gasteiger partial charge in [-0.05, 0) is 36.4 Å². The fraction of sp³-hybridized carbons (Fsp3) is 0.235. The topological polar surface area (TPSA) is 57.7 Å². The minimum absolute atomic E-state index is 0.0951. The highest BCUT2D eigenvalue weighted by molar-refractivity contribution is 9.10. The first-order chi connectivity index (χ1) is 11.9. The van der Waals surface area contributed by atoms with Crippen LogP contribution in [0, 0.1) is 0 Å². The highest BCUT2D eigenvalue weighted by Crippen LogP contribution is 2.25. The molecule has 3 rings (SSSR count). The first kappa shape index (κ1) is 18.4. The highest BCUT2D eigenvalue weighted by atomic mass is 79.9. The summed E-state index contributed by atoms with van der Waals surface area (Å²) in [6.07, 6.45) is 0. The lowest BCUT2D eigenvalue weighted by molar-refractivity contribution is 0.0698. The van der Waals surface area contributed by atoms with Gasteiger partial charge in [-0.25, -0.2) is 8.42 Å². The molecule has 1 saturated heterocycles. The number of benzene rings is 2. The van der Waals surface area contributed by atoms with E-state index >= 15 is 0 Å². The van der Waals surface area contributed by atoms with E-state index in [0.717, 1.165) is 4.47 Å². The van der Waals surface area contributed by atoms with Crippen LogP contribution >= 0.6 is 27.5 Å². The van der Waals surface area contributed by atoms with Crippen molar-refractivity contribution >= 4 is 43.5 Å². The van der Waals surface area contributed by atoms with Crippen LogP contribution in [0.3, 0.4) is 0 Å². The lowest BCUT2D eigenvalue weighted by atomic mass is 10.2. The molecule has 0 radical (unpaired) electrons. The van der Waals surface area contributed by atoms with Crippen LogP contribution in [0.2, 0.25) is 5.02 Å². The first-order valence-electron chi connectivity index (χ1n) is 7.69. The van der Waals surface area contributed by atoms with Crippen molar-refractivity contribution in [2.24, 2.45) is 0 Å². The third kappa shape index (κ3) is 3.89. The van der Waals surface area contributed by atoms with Crippen LogP contribution in [0.15, 0.2) is 57.9 Å². The van der Waals surface area contributed by atoms with Crippen molar-refractivity contribution in [3.8, 4) is 0 Å². The van der Waals surface area contributed by atoms with Gasteiger partial charge in [-0.1, -0.05) is 39.7 Å². The average Bonchev–Trinajstić information content (AvgIpc) is 2.62. The summed E-state index contributed by atoms with van der Waals surface area (Å²) in [6.45, 7) is 1.18. The Kier molecular flexibility index (Phi) is 5.48. The Balaban J connectivity index is 1.70. The molecule has 8 heteroatoms. The quantitative estimate of drug-likeness (QED) is 0.732. The summed E-state index contributed by atoms with van der Waals surface area (Å²) in [7, 11) is -3.65. The van der Waals surface area contributed by atoms with Crippen molar-refractivity contribution in [1.29, 1.82) is 0 Å². The number of halogens is 2. The molecule has 1 amide bonds. The van der Waals surface area contributed by atoms with Crippen LogP contribution in [-0.2, 0) is 10.0 Å². The van der Waals surface area contributed by atoms with E-state index in [4.69, 9.17) is 11.6 Å². The number of nitrogens with zero attached hydrogens (tertiary/aromatic N) is 2. The number of amides is 1. The molecule has 1 aliphatic heterocycles. The van der Waals surface area contributed by atoms with E-state index in [0.29, 0.717) is 18.7 Å². The van der Waals surface area contributed by atoms with Crippen molar-refractivity contribution in [1.82, 2.24) is 9.21 Å². The smallest absolute Gasteiger partial charge is 0.253 e. The van der Waals surface area contributed by atoms with E-state index in [1.165, 1.54) is 10.4 Å². The molecule has 0 saturated carbocycles. The van der Waals surface area contributed by atoms with E-state index in [1.807, 2.05) is 12.1 Å². The molecule has 0 unspecified atom stereocenters. The third-order valence-corrected chi connectivity index (χ3v) is 7.00. The van der Waals surface area contributed by atoms with Gasteiger partial charge in [0.15, 0.2) is 0 Å². The largest absolute Gasteiger partial charge is 0.336 e. The second kappa shape index (κ2) is 7.45. The molecule has 2 aromatic carbocycles. The van der Waals surface area contributed by atoms with Crippen molar-refractivity contribution in [2.45, 2.75) is 4.90 Å². The van der Waals surface area contributed by atoms with Crippen LogP contribution < -0.4 is 0 Å². The summed E-state index contributed by atoms with van der Waals surface area (Å²) in [4.78, 5) is 14.3. The van der Waals surface area contributed by atoms with Gasteiger partial charge in [0.25, 0.3) is 5.91 Å². The maximum absolute atomic E-state index is 12.7. The number of carbonyl (C=O) groups excluding carboxylic acids is 1. The molecular weight excluding hydrogens is 428 g/mol. The van der Waals surface area contributed by atoms with Crippen molar-refractivity contribution in [2.75, 3.05) is 26.2 Å². The summed E-state index contributed by atoms with van der Waals surface area (Å²) < 4.78 is 27.7. The zero-order chi connectivity index (χ0) is 18.0. The third-order valence-electron chi connectivity index (χ3n) is 4.07. The van der Waals surface area contributed by atoms with Crippen molar-refractivity contribution in [3.63, 3.8) is 0 Å². The molecule has 0 spiro atoms. The SMILES string of the molecule is O=C(c1ccc(Br)cc1)N1CCN(S(=O)(=O)c2ccccc2Cl)CC1. The number of piperazine rings is 1. The van der Waals surface area contributed by atoms with Gasteiger partial charge in [-0.15, -0.1) is 0 Å². The predicted molar refractivity (Wildman–Crippen MR) is 100 cm³/mol. The Morgan fingerprint density at radius 1 is 0.960 bits per heavy atom. The monoisotopic (exact) mass is 442 g/mol. The van der Waals surface area contributed by atoms with E-state index in [1.54, 1.807) is 35.2 Å². The lowest BCUT2D eigenvalue weighted by Gasteiger charge is -2.34. The van der Waals surface area contributed by atoms with Gasteiger partial charge in [0.2, 0.25) is 10.0 Å². The fourth-order valence-corrected chi connectivity index (χ4v) is 4.88. The van der Waals surface area contributed by atoms with Crippen LogP contribution in [-0.4, -0.2) is 49.7 Å². The lowest BCUT2D eigenvalue weighted by Crippen LogP contribution is -2.50. The van der Waals surface area contributed by atoms with Crippen LogP contribution in [0.25, 0.3) is 0 Å². The highest BCUT2D eigenvalue weighted by Gasteiger charge is 2.31. The van der Waals surface area contributed by atoms with Gasteiger partial charge >= 0.3 is 0 Å². The summed E-state index contributed by atoms with van der Waals surface area (Å²) in [5.74, 6) is -0.0951. The van der Waals surface area contributed by atoms with Gasteiger partial charge in [0.1, 0.15) is 4.90 Å². The number of hydrogen-bond donors (Lipinski definition) is 0. The van der Waals surface area contributed by atoms with E-state index in [2.05, 4.69) is 15.9 Å². The molecule has 132 valence electrons. The zero-order valence-corrected chi connectivity index (χ0v) is 16.4. The number of rotatable bonds is 3. The Morgan fingerprint density at radius 2 is 1.56 bits per heavy atom. The van der Waals surface area contributed by atoms with Gasteiger partial charge < -0.3 is 4.90 Å². The molecule has 1 heterocycles. The molecule has 0 atom stereocenters. The van der Waals surface area contributed by atoms with Crippen molar-refractivity contribution < 1.29 is 13.2 Å². The molecular formula is C17H16BrClN2O3S. The fourth-order valence-electron chi connectivity index (χ4n) is 2.70. The molecule has 25 heavy (non-hydrogen) atoms. The molecule has 1 fully saturated rings. The normalized spacial score (nSPS) is 16.0. The number of hydrogen-bond acceptors (Lipinski definition) is 3. The minimum Gasteiger partial charge on any atom is -0.336 e. The minimum atomic E-state index is -3.65. The molecule has 0 N–H and O–H groups in total. The second-order valence-corrected chi connectivity index (χ2v) is 8.86. The van der Waals surface area contributed by atoms with Crippen molar-refractivity contribution in [3.05, 3.63) is 63.6 Å². The number of carbonyl (C=O) groups is 1. The standard InChI is InChI=1S/C17H16BrClN2O3S/c18-14-7-5-13(6-8-14)17(22)20-9-11-21(12-10-20)25(23,24)16-4-2-1-3-15(16)19/h1-8H,9-12H2. The molecule has 5 nitrogen and oxygen atoms in total. The van der Waals surface area contributed by atoms with Gasteiger partial charge in [0, 0.05) is 36.2 Å². The first-order valence-corrected chi connectivity index (χ1v) is 10.3. The average molecular weight is 444 g/mol.